The monoisotopic (exact) mass is 184 g/mol. The van der Waals surface area contributed by atoms with E-state index in [9.17, 15) is 9.90 Å². The molecule has 1 aromatic heterocycles. The number of rotatable bonds is 3. The van der Waals surface area contributed by atoms with E-state index in [1.165, 1.54) is 0 Å². The van der Waals surface area contributed by atoms with Crippen molar-refractivity contribution in [1.82, 2.24) is 0 Å². The lowest BCUT2D eigenvalue weighted by molar-refractivity contribution is -0.139. The second kappa shape index (κ2) is 3.62. The molecule has 0 saturated heterocycles. The van der Waals surface area contributed by atoms with Gasteiger partial charge in [0.2, 0.25) is 0 Å². The van der Waals surface area contributed by atoms with Crippen molar-refractivity contribution in [2.45, 2.75) is 26.4 Å². The Kier molecular flexibility index (Phi) is 2.72. The minimum Gasteiger partial charge on any atom is -0.481 e. The third-order valence-electron chi connectivity index (χ3n) is 1.81. The average molecular weight is 184 g/mol. The van der Waals surface area contributed by atoms with Crippen molar-refractivity contribution in [2.24, 2.45) is 0 Å². The summed E-state index contributed by atoms with van der Waals surface area (Å²) in [5.74, 6) is 0.231. The van der Waals surface area contributed by atoms with Crippen molar-refractivity contribution in [3.05, 3.63) is 23.2 Å². The maximum Gasteiger partial charge on any atom is 0.306 e. The highest BCUT2D eigenvalue weighted by Crippen LogP contribution is 2.23. The molecule has 1 rings (SSSR count). The van der Waals surface area contributed by atoms with Gasteiger partial charge in [-0.05, 0) is 19.9 Å². The lowest BCUT2D eigenvalue weighted by Gasteiger charge is -2.04. The summed E-state index contributed by atoms with van der Waals surface area (Å²) in [6.07, 6.45) is -1.27. The van der Waals surface area contributed by atoms with Crippen LogP contribution < -0.4 is 0 Å². The first-order valence-corrected chi connectivity index (χ1v) is 3.97. The van der Waals surface area contributed by atoms with Crippen molar-refractivity contribution < 1.29 is 19.4 Å². The molecule has 0 fully saturated rings. The number of hydrogen-bond donors (Lipinski definition) is 2. The smallest absolute Gasteiger partial charge is 0.306 e. The van der Waals surface area contributed by atoms with E-state index >= 15 is 0 Å². The summed E-state index contributed by atoms with van der Waals surface area (Å²) >= 11 is 0. The van der Waals surface area contributed by atoms with Crippen LogP contribution in [0.1, 0.15) is 29.6 Å². The molecule has 0 saturated carbocycles. The van der Waals surface area contributed by atoms with Crippen LogP contribution in [0, 0.1) is 13.8 Å². The quantitative estimate of drug-likeness (QED) is 0.744. The van der Waals surface area contributed by atoms with E-state index in [1.807, 2.05) is 0 Å². The lowest BCUT2D eigenvalue weighted by atomic mass is 10.1. The summed E-state index contributed by atoms with van der Waals surface area (Å²) in [5, 5.41) is 17.9. The number of furan rings is 1. The Morgan fingerprint density at radius 3 is 2.62 bits per heavy atom. The number of aryl methyl sites for hydroxylation is 2. The molecule has 1 unspecified atom stereocenters. The van der Waals surface area contributed by atoms with Crippen LogP contribution in [0.4, 0.5) is 0 Å². The summed E-state index contributed by atoms with van der Waals surface area (Å²) in [6, 6.07) is 1.66. The van der Waals surface area contributed by atoms with Crippen LogP contribution in [-0.4, -0.2) is 16.2 Å². The molecule has 0 aromatic carbocycles. The molecule has 0 bridgehead atoms. The average Bonchev–Trinajstić information content (AvgIpc) is 2.28. The largest absolute Gasteiger partial charge is 0.481 e. The number of aliphatic hydroxyl groups excluding tert-OH is 1. The number of aliphatic hydroxyl groups is 1. The van der Waals surface area contributed by atoms with Crippen molar-refractivity contribution in [3.8, 4) is 0 Å². The fourth-order valence-corrected chi connectivity index (χ4v) is 1.26. The van der Waals surface area contributed by atoms with Crippen LogP contribution >= 0.6 is 0 Å². The van der Waals surface area contributed by atoms with Crippen LogP contribution in [0.15, 0.2) is 10.5 Å². The molecule has 1 aromatic rings. The lowest BCUT2D eigenvalue weighted by Crippen LogP contribution is -2.05. The van der Waals surface area contributed by atoms with Gasteiger partial charge in [0, 0.05) is 5.56 Å². The number of hydrogen-bond acceptors (Lipinski definition) is 3. The second-order valence-corrected chi connectivity index (χ2v) is 2.98. The predicted molar refractivity (Wildman–Crippen MR) is 45.4 cm³/mol. The number of carboxylic acid groups (broad SMARTS) is 1. The number of carboxylic acids is 1. The third-order valence-corrected chi connectivity index (χ3v) is 1.81. The zero-order chi connectivity index (χ0) is 10.0. The molecule has 0 amide bonds. The van der Waals surface area contributed by atoms with Gasteiger partial charge in [-0.1, -0.05) is 0 Å². The highest BCUT2D eigenvalue weighted by atomic mass is 16.4. The summed E-state index contributed by atoms with van der Waals surface area (Å²) in [6.45, 7) is 3.46. The summed E-state index contributed by atoms with van der Waals surface area (Å²) in [4.78, 5) is 10.3. The Labute approximate surface area is 75.8 Å². The molecular formula is C9H12O4. The van der Waals surface area contributed by atoms with Gasteiger partial charge in [0.1, 0.15) is 11.5 Å². The Bertz CT molecular complexity index is 313. The molecule has 1 heterocycles. The molecule has 72 valence electrons. The van der Waals surface area contributed by atoms with Gasteiger partial charge in [0.05, 0.1) is 12.5 Å². The van der Waals surface area contributed by atoms with Crippen LogP contribution in [-0.2, 0) is 4.79 Å². The standard InChI is InChI=1S/C9H12O4/c1-5-3-7(6(2)13-5)8(10)4-9(11)12/h3,8,10H,4H2,1-2H3,(H,11,12). The molecule has 0 aliphatic heterocycles. The highest BCUT2D eigenvalue weighted by molar-refractivity contribution is 5.67. The number of carbonyl (C=O) groups is 1. The number of aliphatic carboxylic acids is 1. The molecule has 4 nitrogen and oxygen atoms in total. The first-order valence-electron chi connectivity index (χ1n) is 3.97. The summed E-state index contributed by atoms with van der Waals surface area (Å²) in [7, 11) is 0. The van der Waals surface area contributed by atoms with Gasteiger partial charge < -0.3 is 14.6 Å². The minimum absolute atomic E-state index is 0.292. The first kappa shape index (κ1) is 9.80. The first-order chi connectivity index (χ1) is 6.00. The summed E-state index contributed by atoms with van der Waals surface area (Å²) < 4.78 is 5.16. The zero-order valence-corrected chi connectivity index (χ0v) is 7.57. The van der Waals surface area contributed by atoms with E-state index in [0.717, 1.165) is 0 Å². The molecule has 2 N–H and O–H groups in total. The maximum atomic E-state index is 10.3. The van der Waals surface area contributed by atoms with Crippen LogP contribution in [0.5, 0.6) is 0 Å². The van der Waals surface area contributed by atoms with E-state index in [2.05, 4.69) is 0 Å². The molecule has 0 aliphatic carbocycles. The Balaban J connectivity index is 2.81. The Morgan fingerprint density at radius 2 is 2.23 bits per heavy atom. The van der Waals surface area contributed by atoms with Crippen LogP contribution in [0.25, 0.3) is 0 Å². The molecule has 4 heteroatoms. The van der Waals surface area contributed by atoms with Crippen molar-refractivity contribution >= 4 is 5.97 Å². The van der Waals surface area contributed by atoms with E-state index in [0.29, 0.717) is 17.1 Å². The van der Waals surface area contributed by atoms with Gasteiger partial charge in [-0.25, -0.2) is 0 Å². The fourth-order valence-electron chi connectivity index (χ4n) is 1.26. The van der Waals surface area contributed by atoms with Gasteiger partial charge >= 0.3 is 5.97 Å². The summed E-state index contributed by atoms with van der Waals surface area (Å²) in [5.41, 5.74) is 0.555. The van der Waals surface area contributed by atoms with Crippen molar-refractivity contribution in [3.63, 3.8) is 0 Å². The molecule has 1 atom stereocenters. The van der Waals surface area contributed by atoms with Crippen molar-refractivity contribution in [2.75, 3.05) is 0 Å². The molecule has 13 heavy (non-hydrogen) atoms. The molecule has 0 aliphatic rings. The van der Waals surface area contributed by atoms with E-state index in [-0.39, 0.29) is 6.42 Å². The topological polar surface area (TPSA) is 70.7 Å². The molecular weight excluding hydrogens is 172 g/mol. The zero-order valence-electron chi connectivity index (χ0n) is 7.57. The third kappa shape index (κ3) is 2.32. The van der Waals surface area contributed by atoms with Gasteiger partial charge in [0.15, 0.2) is 0 Å². The van der Waals surface area contributed by atoms with Gasteiger partial charge in [-0.3, -0.25) is 4.79 Å². The van der Waals surface area contributed by atoms with Gasteiger partial charge in [-0.15, -0.1) is 0 Å². The normalized spacial score (nSPS) is 12.8. The second-order valence-electron chi connectivity index (χ2n) is 2.98. The van der Waals surface area contributed by atoms with Gasteiger partial charge in [0.25, 0.3) is 0 Å². The predicted octanol–water partition coefficient (Wildman–Crippen LogP) is 1.40. The van der Waals surface area contributed by atoms with Crippen LogP contribution in [0.2, 0.25) is 0 Å². The van der Waals surface area contributed by atoms with Gasteiger partial charge in [-0.2, -0.15) is 0 Å². The van der Waals surface area contributed by atoms with Crippen molar-refractivity contribution in [1.29, 1.82) is 0 Å². The van der Waals surface area contributed by atoms with E-state index in [1.54, 1.807) is 19.9 Å². The highest BCUT2D eigenvalue weighted by Gasteiger charge is 2.16. The van der Waals surface area contributed by atoms with E-state index in [4.69, 9.17) is 9.52 Å². The maximum absolute atomic E-state index is 10.3. The van der Waals surface area contributed by atoms with Crippen LogP contribution in [0.3, 0.4) is 0 Å². The Morgan fingerprint density at radius 1 is 1.62 bits per heavy atom. The molecule has 0 spiro atoms. The fraction of sp³-hybridized carbons (Fsp3) is 0.444. The SMILES string of the molecule is Cc1cc(C(O)CC(=O)O)c(C)o1. The molecule has 0 radical (unpaired) electrons. The minimum atomic E-state index is -1.02. The Hall–Kier alpha value is -1.29. The van der Waals surface area contributed by atoms with E-state index < -0.39 is 12.1 Å².